The zero-order chi connectivity index (χ0) is 12.7. The van der Waals surface area contributed by atoms with Gasteiger partial charge in [-0.05, 0) is 12.1 Å². The molecule has 0 aromatic carbocycles. The fourth-order valence-corrected chi connectivity index (χ4v) is 2.35. The van der Waals surface area contributed by atoms with E-state index in [0.717, 1.165) is 5.65 Å². The Hall–Kier alpha value is -1.47. The Bertz CT molecular complexity index is 556. The third-order valence-corrected chi connectivity index (χ3v) is 3.29. The minimum Gasteiger partial charge on any atom is -0.394 e. The van der Waals surface area contributed by atoms with E-state index in [-0.39, 0.29) is 6.61 Å². The summed E-state index contributed by atoms with van der Waals surface area (Å²) >= 11 is 0. The number of ether oxygens (including phenoxy) is 1. The molecule has 1 fully saturated rings. The molecule has 3 rings (SSSR count). The first-order valence-corrected chi connectivity index (χ1v) is 5.77. The van der Waals surface area contributed by atoms with Crippen LogP contribution in [0.25, 0.3) is 5.65 Å². The van der Waals surface area contributed by atoms with Gasteiger partial charge in [-0.25, -0.2) is 4.98 Å². The summed E-state index contributed by atoms with van der Waals surface area (Å²) in [7, 11) is 0. The van der Waals surface area contributed by atoms with Crippen molar-refractivity contribution in [1.82, 2.24) is 9.38 Å². The maximum atomic E-state index is 9.99. The van der Waals surface area contributed by atoms with Gasteiger partial charge in [0.15, 0.2) is 0 Å². The van der Waals surface area contributed by atoms with E-state index in [0.29, 0.717) is 5.69 Å². The standard InChI is InChI=1S/C12H14N2O4/c15-6-8-10(16)11(17)12(18-8)7-2-1-3-9-13-4-5-14(7)9/h1-5,8,10-12,15-17H,6H2/t8-,10-,11-,12+/m1/s1. The molecule has 96 valence electrons. The van der Waals surface area contributed by atoms with Crippen LogP contribution in [-0.2, 0) is 4.74 Å². The van der Waals surface area contributed by atoms with Gasteiger partial charge in [0.1, 0.15) is 30.1 Å². The molecule has 3 N–H and O–H groups in total. The topological polar surface area (TPSA) is 87.2 Å². The maximum absolute atomic E-state index is 9.99. The van der Waals surface area contributed by atoms with Crippen molar-refractivity contribution < 1.29 is 20.1 Å². The molecule has 1 aliphatic heterocycles. The number of aromatic nitrogens is 2. The summed E-state index contributed by atoms with van der Waals surface area (Å²) in [5.41, 5.74) is 1.44. The highest BCUT2D eigenvalue weighted by molar-refractivity contribution is 5.40. The fourth-order valence-electron chi connectivity index (χ4n) is 2.35. The van der Waals surface area contributed by atoms with Gasteiger partial charge in [-0.1, -0.05) is 6.07 Å². The summed E-state index contributed by atoms with van der Waals surface area (Å²) in [6.07, 6.45) is -0.160. The van der Waals surface area contributed by atoms with Crippen molar-refractivity contribution in [2.24, 2.45) is 0 Å². The Balaban J connectivity index is 2.02. The lowest BCUT2D eigenvalue weighted by Gasteiger charge is -2.16. The van der Waals surface area contributed by atoms with Crippen molar-refractivity contribution in [2.45, 2.75) is 24.4 Å². The Labute approximate surface area is 103 Å². The van der Waals surface area contributed by atoms with Gasteiger partial charge in [0.25, 0.3) is 0 Å². The predicted octanol–water partition coefficient (Wildman–Crippen LogP) is -0.512. The molecule has 0 radical (unpaired) electrons. The molecule has 6 heteroatoms. The molecule has 6 nitrogen and oxygen atoms in total. The summed E-state index contributed by atoms with van der Waals surface area (Å²) in [6.45, 7) is -0.325. The van der Waals surface area contributed by atoms with Crippen molar-refractivity contribution in [3.8, 4) is 0 Å². The molecule has 0 spiro atoms. The Morgan fingerprint density at radius 2 is 2.11 bits per heavy atom. The highest BCUT2D eigenvalue weighted by Gasteiger charge is 2.43. The minimum absolute atomic E-state index is 0.325. The van der Waals surface area contributed by atoms with Crippen molar-refractivity contribution in [3.05, 3.63) is 36.3 Å². The monoisotopic (exact) mass is 250 g/mol. The van der Waals surface area contributed by atoms with Crippen LogP contribution in [-0.4, -0.2) is 49.6 Å². The summed E-state index contributed by atoms with van der Waals surface area (Å²) in [4.78, 5) is 4.15. The van der Waals surface area contributed by atoms with Gasteiger partial charge in [-0.2, -0.15) is 0 Å². The molecule has 2 aromatic rings. The van der Waals surface area contributed by atoms with E-state index in [2.05, 4.69) is 4.98 Å². The van der Waals surface area contributed by atoms with Gasteiger partial charge in [-0.3, -0.25) is 0 Å². The van der Waals surface area contributed by atoms with Crippen LogP contribution in [0.5, 0.6) is 0 Å². The summed E-state index contributed by atoms with van der Waals surface area (Å²) < 4.78 is 7.29. The smallest absolute Gasteiger partial charge is 0.136 e. The van der Waals surface area contributed by atoms with E-state index in [9.17, 15) is 10.2 Å². The van der Waals surface area contributed by atoms with Crippen LogP contribution < -0.4 is 0 Å². The molecule has 0 bridgehead atoms. The molecule has 1 saturated heterocycles. The Morgan fingerprint density at radius 3 is 2.83 bits per heavy atom. The van der Waals surface area contributed by atoms with Crippen LogP contribution >= 0.6 is 0 Å². The molecule has 3 heterocycles. The second-order valence-electron chi connectivity index (χ2n) is 4.36. The number of nitrogens with zero attached hydrogens (tertiary/aromatic N) is 2. The molecular formula is C12H14N2O4. The van der Waals surface area contributed by atoms with E-state index in [4.69, 9.17) is 9.84 Å². The van der Waals surface area contributed by atoms with Gasteiger partial charge in [0.05, 0.1) is 12.3 Å². The first-order chi connectivity index (χ1) is 8.72. The van der Waals surface area contributed by atoms with Crippen molar-refractivity contribution >= 4 is 5.65 Å². The number of aliphatic hydroxyl groups is 3. The van der Waals surface area contributed by atoms with E-state index >= 15 is 0 Å². The van der Waals surface area contributed by atoms with Gasteiger partial charge >= 0.3 is 0 Å². The van der Waals surface area contributed by atoms with Crippen LogP contribution in [0.3, 0.4) is 0 Å². The zero-order valence-electron chi connectivity index (χ0n) is 9.55. The van der Waals surface area contributed by atoms with Crippen LogP contribution in [0.2, 0.25) is 0 Å². The quantitative estimate of drug-likeness (QED) is 0.668. The SMILES string of the molecule is OC[C@H]1O[C@@H](c2cccc3nccn23)[C@H](O)[C@@H]1O. The fraction of sp³-hybridized carbons (Fsp3) is 0.417. The second kappa shape index (κ2) is 4.33. The number of aliphatic hydroxyl groups excluding tert-OH is 3. The lowest BCUT2D eigenvalue weighted by atomic mass is 10.1. The van der Waals surface area contributed by atoms with Gasteiger partial charge in [0.2, 0.25) is 0 Å². The number of pyridine rings is 1. The van der Waals surface area contributed by atoms with Gasteiger partial charge in [0, 0.05) is 12.4 Å². The molecule has 18 heavy (non-hydrogen) atoms. The summed E-state index contributed by atoms with van der Waals surface area (Å²) in [5.74, 6) is 0. The number of hydrogen-bond acceptors (Lipinski definition) is 5. The first kappa shape index (κ1) is 11.6. The van der Waals surface area contributed by atoms with Crippen molar-refractivity contribution in [2.75, 3.05) is 6.61 Å². The number of imidazole rings is 1. The molecule has 4 atom stereocenters. The average Bonchev–Trinajstić information content (AvgIpc) is 2.96. The van der Waals surface area contributed by atoms with Crippen LogP contribution in [0.1, 0.15) is 11.8 Å². The maximum Gasteiger partial charge on any atom is 0.136 e. The molecule has 0 amide bonds. The summed E-state index contributed by atoms with van der Waals surface area (Å²) in [6, 6.07) is 5.45. The van der Waals surface area contributed by atoms with Crippen LogP contribution in [0.4, 0.5) is 0 Å². The highest BCUT2D eigenvalue weighted by Crippen LogP contribution is 2.33. The average molecular weight is 250 g/mol. The van der Waals surface area contributed by atoms with Crippen molar-refractivity contribution in [1.29, 1.82) is 0 Å². The van der Waals surface area contributed by atoms with Gasteiger partial charge < -0.3 is 24.5 Å². The number of rotatable bonds is 2. The molecule has 0 unspecified atom stereocenters. The largest absolute Gasteiger partial charge is 0.394 e. The van der Waals surface area contributed by atoms with Crippen LogP contribution in [0.15, 0.2) is 30.6 Å². The zero-order valence-corrected chi connectivity index (χ0v) is 9.55. The first-order valence-electron chi connectivity index (χ1n) is 5.77. The van der Waals surface area contributed by atoms with E-state index < -0.39 is 24.4 Å². The van der Waals surface area contributed by atoms with Gasteiger partial charge in [-0.15, -0.1) is 0 Å². The molecular weight excluding hydrogens is 236 g/mol. The van der Waals surface area contributed by atoms with E-state index in [1.807, 2.05) is 12.1 Å². The molecule has 0 aliphatic carbocycles. The summed E-state index contributed by atoms with van der Waals surface area (Å²) in [5, 5.41) is 28.8. The molecule has 0 saturated carbocycles. The third-order valence-electron chi connectivity index (χ3n) is 3.29. The van der Waals surface area contributed by atoms with Crippen LogP contribution in [0, 0.1) is 0 Å². The molecule has 1 aliphatic rings. The lowest BCUT2D eigenvalue weighted by Crippen LogP contribution is -2.32. The minimum atomic E-state index is -1.08. The Morgan fingerprint density at radius 1 is 1.28 bits per heavy atom. The third kappa shape index (κ3) is 1.62. The van der Waals surface area contributed by atoms with Crippen molar-refractivity contribution in [3.63, 3.8) is 0 Å². The van der Waals surface area contributed by atoms with E-state index in [1.54, 1.807) is 22.9 Å². The van der Waals surface area contributed by atoms with E-state index in [1.165, 1.54) is 0 Å². The number of fused-ring (bicyclic) bond motifs is 1. The second-order valence-corrected chi connectivity index (χ2v) is 4.36. The Kier molecular flexibility index (Phi) is 2.79. The number of hydrogen-bond donors (Lipinski definition) is 3. The predicted molar refractivity (Wildman–Crippen MR) is 61.9 cm³/mol. The normalized spacial score (nSPS) is 32.2. The molecule has 2 aromatic heterocycles. The lowest BCUT2D eigenvalue weighted by molar-refractivity contribution is -0.0242. The highest BCUT2D eigenvalue weighted by atomic mass is 16.6.